The largest absolute Gasteiger partial charge is 0.490 e. The van der Waals surface area contributed by atoms with Crippen LogP contribution in [-0.4, -0.2) is 33.6 Å². The summed E-state index contributed by atoms with van der Waals surface area (Å²) < 4.78 is 11.9. The number of amides is 1. The van der Waals surface area contributed by atoms with Crippen LogP contribution in [0.4, 0.5) is 5.69 Å². The Morgan fingerprint density at radius 1 is 1.05 bits per heavy atom. The van der Waals surface area contributed by atoms with Crippen LogP contribution in [0.15, 0.2) is 70.7 Å². The third-order valence-corrected chi connectivity index (χ3v) is 8.28. The van der Waals surface area contributed by atoms with Crippen LogP contribution in [0.3, 0.4) is 0 Å². The Morgan fingerprint density at radius 2 is 1.87 bits per heavy atom. The molecule has 1 aliphatic heterocycles. The van der Waals surface area contributed by atoms with E-state index in [2.05, 4.69) is 4.98 Å². The molecule has 1 saturated carbocycles. The number of nitrogens with zero attached hydrogens (tertiary/aromatic N) is 3. The molecule has 2 heterocycles. The van der Waals surface area contributed by atoms with Gasteiger partial charge in [0.2, 0.25) is 0 Å². The molecule has 0 unspecified atom stereocenters. The number of thioether (sulfide) groups is 1. The monoisotopic (exact) mass is 581 g/mol. The molecule has 39 heavy (non-hydrogen) atoms. The molecule has 3 aromatic rings. The van der Waals surface area contributed by atoms with Crippen LogP contribution in [-0.2, 0) is 11.4 Å². The zero-order valence-electron chi connectivity index (χ0n) is 21.6. The van der Waals surface area contributed by atoms with Crippen molar-refractivity contribution in [1.29, 1.82) is 0 Å². The summed E-state index contributed by atoms with van der Waals surface area (Å²) in [7, 11) is 0. The first-order chi connectivity index (χ1) is 19.0. The minimum atomic E-state index is -0.0392. The van der Waals surface area contributed by atoms with Crippen molar-refractivity contribution in [3.63, 3.8) is 0 Å². The van der Waals surface area contributed by atoms with E-state index in [-0.39, 0.29) is 11.9 Å². The van der Waals surface area contributed by atoms with Crippen molar-refractivity contribution >= 4 is 57.8 Å². The normalized spacial score (nSPS) is 18.2. The quantitative estimate of drug-likeness (QED) is 0.198. The van der Waals surface area contributed by atoms with Crippen molar-refractivity contribution in [2.75, 3.05) is 6.61 Å². The zero-order chi connectivity index (χ0) is 27.2. The zero-order valence-corrected chi connectivity index (χ0v) is 23.9. The standard InChI is InChI=1S/C30H29Cl2N3O3S/c1-2-37-26-17-20(14-15-25(26)38-19-21-9-6-7-12-23(21)31)18-27-29(36)35(22-10-4-3-5-11-22)30(39-27)34-24-13-8-16-33-28(24)32/h6-9,12-18,22H,2-5,10-11,19H2,1H3/b27-18-,34-30?. The minimum Gasteiger partial charge on any atom is -0.490 e. The van der Waals surface area contributed by atoms with E-state index >= 15 is 0 Å². The molecule has 0 spiro atoms. The number of ether oxygens (including phenoxy) is 2. The van der Waals surface area contributed by atoms with E-state index in [0.717, 1.165) is 36.8 Å². The Balaban J connectivity index is 1.43. The molecule has 2 fully saturated rings. The maximum absolute atomic E-state index is 13.7. The molecule has 1 saturated heterocycles. The van der Waals surface area contributed by atoms with E-state index in [1.54, 1.807) is 12.3 Å². The van der Waals surface area contributed by atoms with Crippen LogP contribution in [0.2, 0.25) is 10.2 Å². The highest BCUT2D eigenvalue weighted by Gasteiger charge is 2.38. The van der Waals surface area contributed by atoms with Crippen LogP contribution < -0.4 is 9.47 Å². The van der Waals surface area contributed by atoms with Gasteiger partial charge in [-0.1, -0.05) is 66.7 Å². The summed E-state index contributed by atoms with van der Waals surface area (Å²) in [6.07, 6.45) is 8.84. The summed E-state index contributed by atoms with van der Waals surface area (Å²) in [5, 5.41) is 1.60. The van der Waals surface area contributed by atoms with Gasteiger partial charge in [-0.3, -0.25) is 9.69 Å². The highest BCUT2D eigenvalue weighted by molar-refractivity contribution is 8.18. The fourth-order valence-electron chi connectivity index (χ4n) is 4.71. The topological polar surface area (TPSA) is 64.0 Å². The second-order valence-corrected chi connectivity index (χ2v) is 11.1. The SMILES string of the molecule is CCOc1cc(/C=C2\SC(=Nc3cccnc3Cl)N(C3CCCCC3)C2=O)ccc1OCc1ccccc1Cl. The van der Waals surface area contributed by atoms with Gasteiger partial charge in [-0.2, -0.15) is 0 Å². The number of rotatable bonds is 8. The molecule has 5 rings (SSSR count). The fraction of sp³-hybridized carbons (Fsp3) is 0.300. The first-order valence-electron chi connectivity index (χ1n) is 13.1. The first kappa shape index (κ1) is 27.6. The summed E-state index contributed by atoms with van der Waals surface area (Å²) in [6, 6.07) is 17.0. The third kappa shape index (κ3) is 6.60. The molecule has 0 radical (unpaired) electrons. The predicted molar refractivity (Wildman–Crippen MR) is 159 cm³/mol. The fourth-order valence-corrected chi connectivity index (χ4v) is 6.12. The molecule has 0 N–H and O–H groups in total. The van der Waals surface area contributed by atoms with E-state index in [9.17, 15) is 4.79 Å². The summed E-state index contributed by atoms with van der Waals surface area (Å²) in [5.41, 5.74) is 2.28. The van der Waals surface area contributed by atoms with E-state index in [1.165, 1.54) is 18.2 Å². The highest BCUT2D eigenvalue weighted by atomic mass is 35.5. The number of aliphatic imine (C=N–C) groups is 1. The van der Waals surface area contributed by atoms with Gasteiger partial charge in [0.1, 0.15) is 12.3 Å². The Kier molecular flexibility index (Phi) is 9.12. The number of benzene rings is 2. The maximum Gasteiger partial charge on any atom is 0.267 e. The van der Waals surface area contributed by atoms with Crippen LogP contribution in [0.5, 0.6) is 11.5 Å². The molecule has 0 atom stereocenters. The predicted octanol–water partition coefficient (Wildman–Crippen LogP) is 8.30. The molecule has 9 heteroatoms. The van der Waals surface area contributed by atoms with Crippen LogP contribution in [0, 0.1) is 0 Å². The molecule has 1 aromatic heterocycles. The number of aromatic nitrogens is 1. The van der Waals surface area contributed by atoms with Gasteiger partial charge in [-0.25, -0.2) is 9.98 Å². The van der Waals surface area contributed by atoms with Gasteiger partial charge in [0.15, 0.2) is 21.8 Å². The van der Waals surface area contributed by atoms with Crippen LogP contribution in [0.25, 0.3) is 6.08 Å². The summed E-state index contributed by atoms with van der Waals surface area (Å²) in [6.45, 7) is 2.73. The Bertz CT molecular complexity index is 1410. The molecule has 1 amide bonds. The van der Waals surface area contributed by atoms with E-state index in [0.29, 0.717) is 50.6 Å². The molecular formula is C30H29Cl2N3O3S. The first-order valence-corrected chi connectivity index (χ1v) is 14.7. The molecule has 202 valence electrons. The Labute approximate surface area is 243 Å². The number of carbonyl (C=O) groups excluding carboxylic acids is 1. The van der Waals surface area contributed by atoms with Crippen molar-refractivity contribution in [3.05, 3.63) is 87.0 Å². The third-order valence-electron chi connectivity index (χ3n) is 6.64. The number of hydrogen-bond donors (Lipinski definition) is 0. The van der Waals surface area contributed by atoms with Gasteiger partial charge in [-0.05, 0) is 73.5 Å². The van der Waals surface area contributed by atoms with Crippen molar-refractivity contribution in [2.45, 2.75) is 51.7 Å². The molecule has 1 aliphatic carbocycles. The van der Waals surface area contributed by atoms with Crippen molar-refractivity contribution in [2.24, 2.45) is 4.99 Å². The van der Waals surface area contributed by atoms with Crippen molar-refractivity contribution < 1.29 is 14.3 Å². The summed E-state index contributed by atoms with van der Waals surface area (Å²) in [5.74, 6) is 1.18. The second kappa shape index (κ2) is 12.9. The minimum absolute atomic E-state index is 0.0392. The van der Waals surface area contributed by atoms with E-state index in [1.807, 2.05) is 66.4 Å². The molecule has 0 bridgehead atoms. The van der Waals surface area contributed by atoms with Gasteiger partial charge in [0, 0.05) is 22.8 Å². The lowest BCUT2D eigenvalue weighted by molar-refractivity contribution is -0.124. The molecule has 2 aliphatic rings. The summed E-state index contributed by atoms with van der Waals surface area (Å²) >= 11 is 13.9. The van der Waals surface area contributed by atoms with Crippen molar-refractivity contribution in [3.8, 4) is 11.5 Å². The van der Waals surface area contributed by atoms with Crippen LogP contribution >= 0.6 is 35.0 Å². The van der Waals surface area contributed by atoms with Crippen molar-refractivity contribution in [1.82, 2.24) is 9.88 Å². The maximum atomic E-state index is 13.7. The number of hydrogen-bond acceptors (Lipinski definition) is 6. The second-order valence-electron chi connectivity index (χ2n) is 9.30. The lowest BCUT2D eigenvalue weighted by atomic mass is 9.94. The van der Waals surface area contributed by atoms with E-state index in [4.69, 9.17) is 37.7 Å². The Morgan fingerprint density at radius 3 is 2.64 bits per heavy atom. The Hall–Kier alpha value is -3.00. The lowest BCUT2D eigenvalue weighted by Crippen LogP contribution is -2.40. The lowest BCUT2D eigenvalue weighted by Gasteiger charge is -2.30. The average molecular weight is 583 g/mol. The molecule has 6 nitrogen and oxygen atoms in total. The van der Waals surface area contributed by atoms with Gasteiger partial charge in [-0.15, -0.1) is 0 Å². The molecule has 2 aromatic carbocycles. The number of amidine groups is 1. The van der Waals surface area contributed by atoms with Gasteiger partial charge in [0.05, 0.1) is 11.5 Å². The van der Waals surface area contributed by atoms with Crippen LogP contribution in [0.1, 0.15) is 50.2 Å². The average Bonchev–Trinajstić information content (AvgIpc) is 3.25. The van der Waals surface area contributed by atoms with Gasteiger partial charge in [0.25, 0.3) is 5.91 Å². The number of halogens is 2. The van der Waals surface area contributed by atoms with E-state index < -0.39 is 0 Å². The van der Waals surface area contributed by atoms with Gasteiger partial charge >= 0.3 is 0 Å². The number of carbonyl (C=O) groups is 1. The highest BCUT2D eigenvalue weighted by Crippen LogP contribution is 2.40. The number of pyridine rings is 1. The van der Waals surface area contributed by atoms with Gasteiger partial charge < -0.3 is 9.47 Å². The molecular weight excluding hydrogens is 553 g/mol. The smallest absolute Gasteiger partial charge is 0.267 e. The summed E-state index contributed by atoms with van der Waals surface area (Å²) in [4.78, 5) is 25.1.